The molecule has 2 aromatic rings. The molecule has 1 amide bonds. The molecule has 0 spiro atoms. The number of thiazole rings is 1. The standard InChI is InChI=1S/C16H20N4O2S/c1-19-7-3-13(4-8-19)15(21)18-16-17-11-14(23-16)12-5-9-20(22-2)10-6-12/h5-6,9-11,13H,3-4,7-8H2,1-2H3/p+1. The van der Waals surface area contributed by atoms with Gasteiger partial charge in [0.2, 0.25) is 18.3 Å². The molecule has 2 aromatic heterocycles. The van der Waals surface area contributed by atoms with Crippen molar-refractivity contribution in [1.29, 1.82) is 0 Å². The molecule has 1 fully saturated rings. The number of pyridine rings is 1. The van der Waals surface area contributed by atoms with Crippen molar-refractivity contribution in [2.24, 2.45) is 5.92 Å². The van der Waals surface area contributed by atoms with Crippen LogP contribution in [0.5, 0.6) is 0 Å². The minimum absolute atomic E-state index is 0.0873. The van der Waals surface area contributed by atoms with Crippen LogP contribution in [0.3, 0.4) is 0 Å². The molecule has 6 nitrogen and oxygen atoms in total. The van der Waals surface area contributed by atoms with Crippen molar-refractivity contribution in [3.63, 3.8) is 0 Å². The number of hydrogen-bond acceptors (Lipinski definition) is 5. The number of piperidine rings is 1. The Balaban J connectivity index is 1.63. The molecule has 3 heterocycles. The summed E-state index contributed by atoms with van der Waals surface area (Å²) in [5.41, 5.74) is 1.05. The second kappa shape index (κ2) is 7.06. The van der Waals surface area contributed by atoms with Gasteiger partial charge >= 0.3 is 0 Å². The van der Waals surface area contributed by atoms with Gasteiger partial charge in [0.1, 0.15) is 7.11 Å². The first-order valence-electron chi connectivity index (χ1n) is 7.67. The lowest BCUT2D eigenvalue weighted by molar-refractivity contribution is -0.885. The van der Waals surface area contributed by atoms with Gasteiger partial charge in [0.25, 0.3) is 0 Å². The highest BCUT2D eigenvalue weighted by Crippen LogP contribution is 2.29. The van der Waals surface area contributed by atoms with E-state index in [2.05, 4.69) is 22.2 Å². The average Bonchev–Trinajstić information content (AvgIpc) is 3.04. The number of amides is 1. The van der Waals surface area contributed by atoms with Gasteiger partial charge in [-0.25, -0.2) is 4.98 Å². The summed E-state index contributed by atoms with van der Waals surface area (Å²) >= 11 is 1.49. The van der Waals surface area contributed by atoms with E-state index < -0.39 is 0 Å². The lowest BCUT2D eigenvalue weighted by Gasteiger charge is -2.27. The molecule has 0 saturated carbocycles. The predicted octanol–water partition coefficient (Wildman–Crippen LogP) is 1.44. The molecule has 0 unspecified atom stereocenters. The molecule has 122 valence electrons. The van der Waals surface area contributed by atoms with Crippen LogP contribution in [0.25, 0.3) is 10.4 Å². The molecular formula is C16H21N4O2S+. The third kappa shape index (κ3) is 3.86. The quantitative estimate of drug-likeness (QED) is 0.860. The number of rotatable bonds is 4. The number of anilines is 1. The van der Waals surface area contributed by atoms with E-state index in [0.29, 0.717) is 5.13 Å². The third-order valence-electron chi connectivity index (χ3n) is 4.12. The second-order valence-electron chi connectivity index (χ2n) is 5.73. The first-order chi connectivity index (χ1) is 11.2. The minimum atomic E-state index is 0.0873. The van der Waals surface area contributed by atoms with Crippen LogP contribution in [0.15, 0.2) is 30.7 Å². The highest BCUT2D eigenvalue weighted by molar-refractivity contribution is 7.19. The lowest BCUT2D eigenvalue weighted by Crippen LogP contribution is -2.39. The van der Waals surface area contributed by atoms with Gasteiger partial charge in [0.15, 0.2) is 5.13 Å². The molecule has 1 saturated heterocycles. The van der Waals surface area contributed by atoms with Crippen molar-refractivity contribution in [3.05, 3.63) is 30.7 Å². The summed E-state index contributed by atoms with van der Waals surface area (Å²) in [6.45, 7) is 1.95. The molecule has 1 aliphatic rings. The van der Waals surface area contributed by atoms with Gasteiger partial charge in [-0.3, -0.25) is 9.63 Å². The Morgan fingerprint density at radius 2 is 2.09 bits per heavy atom. The second-order valence-corrected chi connectivity index (χ2v) is 6.76. The van der Waals surface area contributed by atoms with Crippen molar-refractivity contribution in [2.45, 2.75) is 12.8 Å². The molecule has 3 rings (SSSR count). The van der Waals surface area contributed by atoms with E-state index in [1.807, 2.05) is 24.5 Å². The minimum Gasteiger partial charge on any atom is -0.306 e. The van der Waals surface area contributed by atoms with Crippen LogP contribution in [0.1, 0.15) is 12.8 Å². The Morgan fingerprint density at radius 3 is 2.74 bits per heavy atom. The summed E-state index contributed by atoms with van der Waals surface area (Å²) in [6.07, 6.45) is 7.30. The first-order valence-corrected chi connectivity index (χ1v) is 8.49. The summed E-state index contributed by atoms with van der Waals surface area (Å²) in [6, 6.07) is 3.92. The normalized spacial score (nSPS) is 16.3. The Morgan fingerprint density at radius 1 is 1.39 bits per heavy atom. The first kappa shape index (κ1) is 15.9. The van der Waals surface area contributed by atoms with Gasteiger partial charge in [-0.2, -0.15) is 0 Å². The summed E-state index contributed by atoms with van der Waals surface area (Å²) in [4.78, 5) is 25.0. The van der Waals surface area contributed by atoms with Crippen LogP contribution < -0.4 is 14.9 Å². The maximum atomic E-state index is 12.3. The molecule has 1 N–H and O–H groups in total. The number of carbonyl (C=O) groups excluding carboxylic acids is 1. The summed E-state index contributed by atoms with van der Waals surface area (Å²) in [7, 11) is 3.71. The van der Waals surface area contributed by atoms with Crippen molar-refractivity contribution in [3.8, 4) is 10.4 Å². The third-order valence-corrected chi connectivity index (χ3v) is 5.08. The highest BCUT2D eigenvalue weighted by atomic mass is 32.1. The van der Waals surface area contributed by atoms with Gasteiger partial charge in [-0.05, 0) is 33.0 Å². The fraction of sp³-hybridized carbons (Fsp3) is 0.438. The van der Waals surface area contributed by atoms with Crippen molar-refractivity contribution in [1.82, 2.24) is 9.88 Å². The van der Waals surface area contributed by atoms with E-state index in [1.165, 1.54) is 11.3 Å². The smallest absolute Gasteiger partial charge is 0.229 e. The maximum absolute atomic E-state index is 12.3. The largest absolute Gasteiger partial charge is 0.306 e. The Hall–Kier alpha value is -1.99. The van der Waals surface area contributed by atoms with Crippen LogP contribution >= 0.6 is 11.3 Å². The monoisotopic (exact) mass is 333 g/mol. The molecule has 7 heteroatoms. The van der Waals surface area contributed by atoms with E-state index in [-0.39, 0.29) is 11.8 Å². The number of nitrogens with zero attached hydrogens (tertiary/aromatic N) is 3. The number of likely N-dealkylation sites (tertiary alicyclic amines) is 1. The fourth-order valence-corrected chi connectivity index (χ4v) is 3.47. The molecule has 0 bridgehead atoms. The molecular weight excluding hydrogens is 312 g/mol. The van der Waals surface area contributed by atoms with Crippen LogP contribution in [-0.2, 0) is 4.79 Å². The number of carbonyl (C=O) groups is 1. The van der Waals surface area contributed by atoms with Gasteiger partial charge in [-0.1, -0.05) is 11.3 Å². The summed E-state index contributed by atoms with van der Waals surface area (Å²) in [5.74, 6) is 0.181. The molecule has 0 aromatic carbocycles. The van der Waals surface area contributed by atoms with E-state index in [1.54, 1.807) is 18.0 Å². The van der Waals surface area contributed by atoms with Crippen LogP contribution in [-0.4, -0.2) is 43.0 Å². The maximum Gasteiger partial charge on any atom is 0.229 e. The number of nitrogens with one attached hydrogen (secondary N) is 1. The van der Waals surface area contributed by atoms with E-state index in [4.69, 9.17) is 4.84 Å². The topological polar surface area (TPSA) is 58.3 Å². The molecule has 23 heavy (non-hydrogen) atoms. The number of hydrogen-bond donors (Lipinski definition) is 1. The Bertz CT molecular complexity index is 663. The van der Waals surface area contributed by atoms with Crippen molar-refractivity contribution < 1.29 is 14.4 Å². The van der Waals surface area contributed by atoms with Crippen molar-refractivity contribution >= 4 is 22.4 Å². The lowest BCUT2D eigenvalue weighted by atomic mass is 9.96. The zero-order valence-electron chi connectivity index (χ0n) is 13.4. The predicted molar refractivity (Wildman–Crippen MR) is 89.1 cm³/mol. The zero-order valence-corrected chi connectivity index (χ0v) is 14.2. The van der Waals surface area contributed by atoms with Crippen molar-refractivity contribution in [2.75, 3.05) is 32.6 Å². The van der Waals surface area contributed by atoms with Gasteiger partial charge < -0.3 is 10.2 Å². The van der Waals surface area contributed by atoms with Crippen LogP contribution in [0, 0.1) is 5.92 Å². The highest BCUT2D eigenvalue weighted by Gasteiger charge is 2.24. The van der Waals surface area contributed by atoms with Gasteiger partial charge in [0, 0.05) is 34.5 Å². The summed E-state index contributed by atoms with van der Waals surface area (Å²) < 4.78 is 1.62. The molecule has 1 aliphatic heterocycles. The molecule has 0 aliphatic carbocycles. The van der Waals surface area contributed by atoms with E-state index >= 15 is 0 Å². The zero-order chi connectivity index (χ0) is 16.2. The molecule has 0 atom stereocenters. The van der Waals surface area contributed by atoms with Crippen LogP contribution in [0.2, 0.25) is 0 Å². The fourth-order valence-electron chi connectivity index (χ4n) is 2.64. The SMILES string of the molecule is CO[n+]1ccc(-c2cnc(NC(=O)C3CCN(C)CC3)s2)cc1. The molecule has 0 radical (unpaired) electrons. The number of aromatic nitrogens is 2. The van der Waals surface area contributed by atoms with E-state index in [9.17, 15) is 4.79 Å². The average molecular weight is 333 g/mol. The van der Waals surface area contributed by atoms with Gasteiger partial charge in [0.05, 0.1) is 4.88 Å². The Kier molecular flexibility index (Phi) is 4.88. The summed E-state index contributed by atoms with van der Waals surface area (Å²) in [5, 5.41) is 3.62. The Labute approximate surface area is 139 Å². The van der Waals surface area contributed by atoms with Crippen LogP contribution in [0.4, 0.5) is 5.13 Å². The van der Waals surface area contributed by atoms with E-state index in [0.717, 1.165) is 36.4 Å². The van der Waals surface area contributed by atoms with Gasteiger partial charge in [-0.15, -0.1) is 0 Å².